The van der Waals surface area contributed by atoms with Crippen molar-refractivity contribution in [2.75, 3.05) is 0 Å². The second-order valence-corrected chi connectivity index (χ2v) is 6.76. The summed E-state index contributed by atoms with van der Waals surface area (Å²) in [5.41, 5.74) is 2.05. The number of rotatable bonds is 3. The average Bonchev–Trinajstić information content (AvgIpc) is 2.39. The van der Waals surface area contributed by atoms with Crippen LogP contribution >= 0.6 is 7.94 Å². The molecule has 0 unspecified atom stereocenters. The van der Waals surface area contributed by atoms with Gasteiger partial charge in [0.1, 0.15) is 0 Å². The first kappa shape index (κ1) is 14.2. The molecule has 0 aliphatic carbocycles. The van der Waals surface area contributed by atoms with Gasteiger partial charge in [0.2, 0.25) is 0 Å². The summed E-state index contributed by atoms with van der Waals surface area (Å²) < 4.78 is 0. The van der Waals surface area contributed by atoms with Gasteiger partial charge >= 0.3 is 7.94 Å². The fourth-order valence-electron chi connectivity index (χ4n) is 2.10. The van der Waals surface area contributed by atoms with Gasteiger partial charge < -0.3 is 0 Å². The molecule has 0 fully saturated rings. The van der Waals surface area contributed by atoms with Crippen LogP contribution in [0.4, 0.5) is 0 Å². The van der Waals surface area contributed by atoms with Gasteiger partial charge in [0.25, 0.3) is 0 Å². The lowest BCUT2D eigenvalue weighted by molar-refractivity contribution is 0.347. The van der Waals surface area contributed by atoms with Gasteiger partial charge in [0.05, 0.1) is 0 Å². The van der Waals surface area contributed by atoms with Crippen LogP contribution in [0.15, 0.2) is 54.6 Å². The van der Waals surface area contributed by atoms with E-state index >= 15 is 0 Å². The van der Waals surface area contributed by atoms with E-state index < -0.39 is 7.94 Å². The lowest BCUT2D eigenvalue weighted by atomic mass is 9.78. The lowest BCUT2D eigenvalue weighted by Gasteiger charge is -2.26. The molecule has 0 saturated carbocycles. The van der Waals surface area contributed by atoms with E-state index in [1.807, 2.05) is 30.3 Å². The van der Waals surface area contributed by atoms with Crippen molar-refractivity contribution in [3.8, 4) is 0 Å². The maximum absolute atomic E-state index is 9.22. The highest BCUT2D eigenvalue weighted by molar-refractivity contribution is 7.66. The van der Waals surface area contributed by atoms with Crippen molar-refractivity contribution in [3.63, 3.8) is 0 Å². The largest absolute Gasteiger partial charge is 0.440 e. The minimum absolute atomic E-state index is 0.167. The predicted octanol–water partition coefficient (Wildman–Crippen LogP) is 2.38. The molecule has 0 aromatic heterocycles. The van der Waals surface area contributed by atoms with E-state index in [9.17, 15) is 14.7 Å². The normalized spacial score (nSPS) is 12.5. The number of benzene rings is 2. The summed E-state index contributed by atoms with van der Waals surface area (Å²) in [5.74, 6) is 0. The SMILES string of the molecule is CC(C)(c1ccccc1)c1ccc([P+](O)(O)O)cc1. The van der Waals surface area contributed by atoms with Crippen molar-refractivity contribution in [1.82, 2.24) is 0 Å². The summed E-state index contributed by atoms with van der Waals surface area (Å²) in [7, 11) is -3.91. The Balaban J connectivity index is 2.37. The molecule has 0 bridgehead atoms. The Morgan fingerprint density at radius 2 is 1.21 bits per heavy atom. The van der Waals surface area contributed by atoms with Gasteiger partial charge in [-0.05, 0) is 23.3 Å². The van der Waals surface area contributed by atoms with Crippen LogP contribution in [0.3, 0.4) is 0 Å². The van der Waals surface area contributed by atoms with Gasteiger partial charge in [-0.25, -0.2) is 0 Å². The molecule has 0 spiro atoms. The smallest absolute Gasteiger partial charge is 0.189 e. The molecule has 0 saturated heterocycles. The molecular formula is C15H18O3P+. The molecule has 3 N–H and O–H groups in total. The molecule has 2 rings (SSSR count). The summed E-state index contributed by atoms with van der Waals surface area (Å²) in [6.45, 7) is 4.22. The van der Waals surface area contributed by atoms with Crippen LogP contribution in [0, 0.1) is 0 Å². The highest BCUT2D eigenvalue weighted by Gasteiger charge is 2.34. The Hall–Kier alpha value is -1.25. The Morgan fingerprint density at radius 1 is 0.737 bits per heavy atom. The van der Waals surface area contributed by atoms with E-state index in [2.05, 4.69) is 26.0 Å². The molecule has 2 aromatic rings. The van der Waals surface area contributed by atoms with Crippen molar-refractivity contribution < 1.29 is 14.7 Å². The Labute approximate surface area is 113 Å². The average molecular weight is 277 g/mol. The summed E-state index contributed by atoms with van der Waals surface area (Å²) in [6.07, 6.45) is 0. The fourth-order valence-corrected chi connectivity index (χ4v) is 2.65. The van der Waals surface area contributed by atoms with E-state index in [4.69, 9.17) is 0 Å². The molecule has 0 radical (unpaired) electrons. The number of hydrogen-bond donors (Lipinski definition) is 3. The minimum atomic E-state index is -3.91. The van der Waals surface area contributed by atoms with E-state index in [-0.39, 0.29) is 10.7 Å². The Bertz CT molecular complexity index is 542. The van der Waals surface area contributed by atoms with Crippen LogP contribution in [0.5, 0.6) is 0 Å². The van der Waals surface area contributed by atoms with Crippen LogP contribution in [0.1, 0.15) is 25.0 Å². The maximum Gasteiger partial charge on any atom is 0.440 e. The minimum Gasteiger partial charge on any atom is -0.189 e. The van der Waals surface area contributed by atoms with E-state index in [0.29, 0.717) is 0 Å². The first-order valence-corrected chi connectivity index (χ1v) is 7.70. The monoisotopic (exact) mass is 277 g/mol. The van der Waals surface area contributed by atoms with Crippen LogP contribution in [-0.4, -0.2) is 14.7 Å². The predicted molar refractivity (Wildman–Crippen MR) is 78.2 cm³/mol. The third kappa shape index (κ3) is 3.02. The highest BCUT2D eigenvalue weighted by Crippen LogP contribution is 2.43. The third-order valence-electron chi connectivity index (χ3n) is 3.43. The zero-order valence-corrected chi connectivity index (χ0v) is 11.9. The quantitative estimate of drug-likeness (QED) is 0.755. The van der Waals surface area contributed by atoms with Gasteiger partial charge in [0.15, 0.2) is 5.30 Å². The summed E-state index contributed by atoms with van der Waals surface area (Å²) in [4.78, 5) is 27.7. The van der Waals surface area contributed by atoms with Crippen molar-refractivity contribution in [2.24, 2.45) is 0 Å². The molecule has 0 amide bonds. The second kappa shape index (κ2) is 5.03. The van der Waals surface area contributed by atoms with Crippen molar-refractivity contribution >= 4 is 13.2 Å². The second-order valence-electron chi connectivity index (χ2n) is 5.11. The van der Waals surface area contributed by atoms with Gasteiger partial charge in [-0.3, -0.25) is 0 Å². The first-order valence-electron chi connectivity index (χ1n) is 6.06. The molecule has 2 aromatic carbocycles. The Kier molecular flexibility index (Phi) is 3.75. The zero-order chi connectivity index (χ0) is 14.1. The molecule has 0 heterocycles. The maximum atomic E-state index is 9.22. The van der Waals surface area contributed by atoms with Gasteiger partial charge in [0, 0.05) is 5.41 Å². The van der Waals surface area contributed by atoms with Crippen molar-refractivity contribution in [3.05, 3.63) is 65.7 Å². The van der Waals surface area contributed by atoms with Crippen LogP contribution < -0.4 is 5.30 Å². The molecule has 0 aliphatic rings. The van der Waals surface area contributed by atoms with E-state index in [0.717, 1.165) is 5.56 Å². The van der Waals surface area contributed by atoms with E-state index in [1.54, 1.807) is 12.1 Å². The summed E-state index contributed by atoms with van der Waals surface area (Å²) in [6, 6.07) is 16.9. The number of hydrogen-bond acceptors (Lipinski definition) is 3. The fraction of sp³-hybridized carbons (Fsp3) is 0.200. The Morgan fingerprint density at radius 3 is 1.68 bits per heavy atom. The van der Waals surface area contributed by atoms with Crippen LogP contribution in [-0.2, 0) is 5.41 Å². The molecule has 4 heteroatoms. The van der Waals surface area contributed by atoms with Gasteiger partial charge in [-0.1, -0.05) is 56.3 Å². The van der Waals surface area contributed by atoms with Crippen LogP contribution in [0.2, 0.25) is 0 Å². The molecule has 19 heavy (non-hydrogen) atoms. The standard InChI is InChI=1S/C15H18O3P/c1-15(2,12-6-4-3-5-7-12)13-8-10-14(11-9-13)19(16,17)18/h3-11,16-18H,1-2H3/q+1. The first-order chi connectivity index (χ1) is 8.82. The van der Waals surface area contributed by atoms with Gasteiger partial charge in [-0.15, -0.1) is 0 Å². The molecule has 100 valence electrons. The summed E-state index contributed by atoms with van der Waals surface area (Å²) in [5, 5.41) is 0.167. The van der Waals surface area contributed by atoms with Crippen molar-refractivity contribution in [2.45, 2.75) is 19.3 Å². The molecule has 0 atom stereocenters. The summed E-state index contributed by atoms with van der Waals surface area (Å²) >= 11 is 0. The highest BCUT2D eigenvalue weighted by atomic mass is 31.2. The molecule has 0 aliphatic heterocycles. The zero-order valence-electron chi connectivity index (χ0n) is 11.0. The van der Waals surface area contributed by atoms with Crippen LogP contribution in [0.25, 0.3) is 0 Å². The lowest BCUT2D eigenvalue weighted by Crippen LogP contribution is -2.20. The third-order valence-corrected chi connectivity index (χ3v) is 4.42. The topological polar surface area (TPSA) is 60.7 Å². The molecule has 3 nitrogen and oxygen atoms in total. The van der Waals surface area contributed by atoms with E-state index in [1.165, 1.54) is 5.56 Å². The molecular weight excluding hydrogens is 259 g/mol. The van der Waals surface area contributed by atoms with Gasteiger partial charge in [-0.2, -0.15) is 14.7 Å². The van der Waals surface area contributed by atoms with Crippen molar-refractivity contribution in [1.29, 1.82) is 0 Å².